The van der Waals surface area contributed by atoms with E-state index in [1.165, 1.54) is 24.3 Å². The van der Waals surface area contributed by atoms with Crippen LogP contribution in [0.4, 0.5) is 5.69 Å². The molecule has 0 spiro atoms. The first-order valence-corrected chi connectivity index (χ1v) is 7.45. The molecule has 1 heterocycles. The van der Waals surface area contributed by atoms with Crippen LogP contribution in [0, 0.1) is 10.1 Å². The molecule has 1 atom stereocenters. The van der Waals surface area contributed by atoms with Crippen LogP contribution in [0.25, 0.3) is 0 Å². The zero-order chi connectivity index (χ0) is 13.9. The molecule has 0 radical (unpaired) electrons. The van der Waals surface area contributed by atoms with Crippen LogP contribution in [0.15, 0.2) is 29.2 Å². The third kappa shape index (κ3) is 3.89. The second kappa shape index (κ2) is 6.98. The molecule has 0 saturated carbocycles. The summed E-state index contributed by atoms with van der Waals surface area (Å²) in [5.41, 5.74) is -0.408. The van der Waals surface area contributed by atoms with Crippen molar-refractivity contribution in [1.82, 2.24) is 10.0 Å². The fourth-order valence-corrected chi connectivity index (χ4v) is 3.31. The van der Waals surface area contributed by atoms with E-state index in [1.807, 2.05) is 0 Å². The summed E-state index contributed by atoms with van der Waals surface area (Å²) in [6, 6.07) is 5.42. The lowest BCUT2D eigenvalue weighted by Gasteiger charge is -2.12. The van der Waals surface area contributed by atoms with Gasteiger partial charge < -0.3 is 5.32 Å². The van der Waals surface area contributed by atoms with Gasteiger partial charge in [0.2, 0.25) is 10.0 Å². The number of nitro groups is 1. The number of para-hydroxylation sites is 1. The lowest BCUT2D eigenvalue weighted by molar-refractivity contribution is -0.387. The molecule has 0 amide bonds. The van der Waals surface area contributed by atoms with Gasteiger partial charge in [-0.05, 0) is 25.5 Å². The monoisotopic (exact) mass is 321 g/mol. The summed E-state index contributed by atoms with van der Waals surface area (Å²) in [5, 5.41) is 14.0. The van der Waals surface area contributed by atoms with E-state index in [0.29, 0.717) is 0 Å². The number of halogens is 1. The van der Waals surface area contributed by atoms with Crippen molar-refractivity contribution in [3.05, 3.63) is 34.4 Å². The number of hydrogen-bond donors (Lipinski definition) is 2. The number of benzene rings is 1. The van der Waals surface area contributed by atoms with Crippen LogP contribution in [0.1, 0.15) is 12.8 Å². The molecule has 1 aliphatic heterocycles. The lowest BCUT2D eigenvalue weighted by Crippen LogP contribution is -2.37. The van der Waals surface area contributed by atoms with Crippen molar-refractivity contribution in [1.29, 1.82) is 0 Å². The highest BCUT2D eigenvalue weighted by Crippen LogP contribution is 2.22. The number of nitro benzene ring substituents is 1. The predicted octanol–water partition coefficient (Wildman–Crippen LogP) is 1.05. The maximum Gasteiger partial charge on any atom is 0.289 e. The molecule has 7 nitrogen and oxygen atoms in total. The van der Waals surface area contributed by atoms with Crippen molar-refractivity contribution in [2.45, 2.75) is 23.8 Å². The Morgan fingerprint density at radius 1 is 1.40 bits per heavy atom. The topological polar surface area (TPSA) is 101 Å². The van der Waals surface area contributed by atoms with Gasteiger partial charge in [0.25, 0.3) is 5.69 Å². The normalized spacial score (nSPS) is 18.5. The molecule has 112 valence electrons. The number of hydrogen-bond acceptors (Lipinski definition) is 5. The molecule has 1 saturated heterocycles. The minimum absolute atomic E-state index is 0. The summed E-state index contributed by atoms with van der Waals surface area (Å²) in [5.74, 6) is 0. The summed E-state index contributed by atoms with van der Waals surface area (Å²) in [6.45, 7) is 1.12. The second-order valence-corrected chi connectivity index (χ2v) is 6.11. The van der Waals surface area contributed by atoms with Crippen molar-refractivity contribution in [2.75, 3.05) is 13.1 Å². The van der Waals surface area contributed by atoms with E-state index in [9.17, 15) is 18.5 Å². The summed E-state index contributed by atoms with van der Waals surface area (Å²) >= 11 is 0. The van der Waals surface area contributed by atoms with E-state index >= 15 is 0 Å². The molecule has 0 aliphatic carbocycles. The van der Waals surface area contributed by atoms with E-state index in [4.69, 9.17) is 0 Å². The van der Waals surface area contributed by atoms with Gasteiger partial charge in [0.05, 0.1) is 4.92 Å². The van der Waals surface area contributed by atoms with Gasteiger partial charge in [-0.1, -0.05) is 12.1 Å². The molecule has 0 unspecified atom stereocenters. The van der Waals surface area contributed by atoms with Crippen molar-refractivity contribution >= 4 is 28.1 Å². The molecule has 0 bridgehead atoms. The van der Waals surface area contributed by atoms with Gasteiger partial charge in [-0.2, -0.15) is 0 Å². The number of rotatable bonds is 5. The molecule has 2 N–H and O–H groups in total. The maximum absolute atomic E-state index is 12.1. The predicted molar refractivity (Wildman–Crippen MR) is 76.6 cm³/mol. The van der Waals surface area contributed by atoms with Crippen molar-refractivity contribution in [3.63, 3.8) is 0 Å². The van der Waals surface area contributed by atoms with Gasteiger partial charge in [0.1, 0.15) is 0 Å². The lowest BCUT2D eigenvalue weighted by atomic mass is 10.2. The summed E-state index contributed by atoms with van der Waals surface area (Å²) in [7, 11) is -3.86. The first kappa shape index (κ1) is 16.8. The van der Waals surface area contributed by atoms with Crippen LogP contribution in [-0.2, 0) is 10.0 Å². The number of nitrogens with zero attached hydrogens (tertiary/aromatic N) is 1. The summed E-state index contributed by atoms with van der Waals surface area (Å²) in [6.07, 6.45) is 1.91. The van der Waals surface area contributed by atoms with Gasteiger partial charge >= 0.3 is 0 Å². The van der Waals surface area contributed by atoms with Crippen LogP contribution in [-0.4, -0.2) is 32.5 Å². The zero-order valence-corrected chi connectivity index (χ0v) is 12.2. The fourth-order valence-electron chi connectivity index (χ4n) is 2.05. The zero-order valence-electron chi connectivity index (χ0n) is 10.6. The standard InChI is InChI=1S/C11H15N3O4S.ClH/c15-14(16)10-5-1-2-6-11(10)19(17,18)13-8-9-4-3-7-12-9;/h1-2,5-6,9,12-13H,3-4,7-8H2;1H/t9-;/m0./s1. The van der Waals surface area contributed by atoms with E-state index < -0.39 is 20.6 Å². The molecule has 1 aliphatic rings. The van der Waals surface area contributed by atoms with Crippen molar-refractivity contribution in [3.8, 4) is 0 Å². The SMILES string of the molecule is Cl.O=[N+]([O-])c1ccccc1S(=O)(=O)NC[C@@H]1CCCN1. The van der Waals surface area contributed by atoms with Gasteiger partial charge in [-0.3, -0.25) is 10.1 Å². The Morgan fingerprint density at radius 2 is 2.10 bits per heavy atom. The molecule has 1 aromatic carbocycles. The molecular formula is C11H16ClN3O4S. The highest BCUT2D eigenvalue weighted by Gasteiger charge is 2.26. The Labute approximate surface area is 123 Å². The molecule has 2 rings (SSSR count). The molecule has 9 heteroatoms. The average Bonchev–Trinajstić information content (AvgIpc) is 2.89. The maximum atomic E-state index is 12.1. The van der Waals surface area contributed by atoms with Gasteiger partial charge in [-0.25, -0.2) is 13.1 Å². The van der Waals surface area contributed by atoms with Crippen LogP contribution in [0.3, 0.4) is 0 Å². The van der Waals surface area contributed by atoms with E-state index in [-0.39, 0.29) is 29.9 Å². The summed E-state index contributed by atoms with van der Waals surface area (Å²) in [4.78, 5) is 9.84. The minimum atomic E-state index is -3.86. The smallest absolute Gasteiger partial charge is 0.289 e. The van der Waals surface area contributed by atoms with Crippen LogP contribution >= 0.6 is 12.4 Å². The average molecular weight is 322 g/mol. The molecule has 1 fully saturated rings. The Hall–Kier alpha value is -1.22. The van der Waals surface area contributed by atoms with Gasteiger partial charge in [0, 0.05) is 18.7 Å². The molecule has 1 aromatic rings. The second-order valence-electron chi connectivity index (χ2n) is 4.37. The largest absolute Gasteiger partial charge is 0.313 e. The third-order valence-corrected chi connectivity index (χ3v) is 4.50. The van der Waals surface area contributed by atoms with Crippen LogP contribution < -0.4 is 10.0 Å². The Bertz CT molecular complexity index is 573. The quantitative estimate of drug-likeness (QED) is 0.623. The van der Waals surface area contributed by atoms with Crippen LogP contribution in [0.2, 0.25) is 0 Å². The Balaban J connectivity index is 0.00000200. The Morgan fingerprint density at radius 3 is 2.70 bits per heavy atom. The minimum Gasteiger partial charge on any atom is -0.313 e. The molecule has 20 heavy (non-hydrogen) atoms. The summed E-state index contributed by atoms with van der Waals surface area (Å²) < 4.78 is 26.6. The third-order valence-electron chi connectivity index (χ3n) is 3.03. The van der Waals surface area contributed by atoms with E-state index in [1.54, 1.807) is 0 Å². The van der Waals surface area contributed by atoms with Gasteiger partial charge in [0.15, 0.2) is 4.90 Å². The highest BCUT2D eigenvalue weighted by atomic mass is 35.5. The van der Waals surface area contributed by atoms with E-state index in [2.05, 4.69) is 10.0 Å². The first-order valence-electron chi connectivity index (χ1n) is 5.97. The molecular weight excluding hydrogens is 306 g/mol. The fraction of sp³-hybridized carbons (Fsp3) is 0.455. The Kier molecular flexibility index (Phi) is 5.88. The number of sulfonamides is 1. The number of nitrogens with one attached hydrogen (secondary N) is 2. The van der Waals surface area contributed by atoms with Crippen LogP contribution in [0.5, 0.6) is 0 Å². The van der Waals surface area contributed by atoms with Gasteiger partial charge in [-0.15, -0.1) is 12.4 Å². The van der Waals surface area contributed by atoms with Crippen molar-refractivity contribution in [2.24, 2.45) is 0 Å². The van der Waals surface area contributed by atoms with Crippen molar-refractivity contribution < 1.29 is 13.3 Å². The van der Waals surface area contributed by atoms with E-state index in [0.717, 1.165) is 19.4 Å². The highest BCUT2D eigenvalue weighted by molar-refractivity contribution is 7.89. The first-order chi connectivity index (χ1) is 9.00. The molecule has 0 aromatic heterocycles.